The third-order valence-corrected chi connectivity index (χ3v) is 4.34. The van der Waals surface area contributed by atoms with Gasteiger partial charge in [-0.3, -0.25) is 0 Å². The largest absolute Gasteiger partial charge is 0.396 e. The minimum atomic E-state index is 0.0560. The number of piperazine rings is 1. The van der Waals surface area contributed by atoms with E-state index in [1.165, 1.54) is 0 Å². The first-order chi connectivity index (χ1) is 12.0. The maximum atomic E-state index is 9.11. The summed E-state index contributed by atoms with van der Waals surface area (Å²) in [6, 6.07) is 2.43. The van der Waals surface area contributed by atoms with Gasteiger partial charge in [0.15, 0.2) is 0 Å². The molecule has 3 rings (SSSR count). The summed E-state index contributed by atoms with van der Waals surface area (Å²) in [6.45, 7) is 9.82. The summed E-state index contributed by atoms with van der Waals surface area (Å²) in [5.74, 6) is 3.81. The zero-order valence-corrected chi connectivity index (χ0v) is 15.2. The second kappa shape index (κ2) is 7.26. The predicted molar refractivity (Wildman–Crippen MR) is 95.7 cm³/mol. The van der Waals surface area contributed by atoms with Crippen LogP contribution in [0.2, 0.25) is 0 Å². The van der Waals surface area contributed by atoms with Crippen LogP contribution >= 0.6 is 0 Å². The quantitative estimate of drug-likeness (QED) is 0.876. The third-order valence-electron chi connectivity index (χ3n) is 4.34. The molecule has 134 valence electrons. The van der Waals surface area contributed by atoms with Crippen molar-refractivity contribution in [3.05, 3.63) is 29.7 Å². The van der Waals surface area contributed by atoms with Crippen molar-refractivity contribution in [2.45, 2.75) is 46.2 Å². The fourth-order valence-electron chi connectivity index (χ4n) is 3.43. The minimum absolute atomic E-state index is 0.0560. The standard InChI is InChI=1S/C17H25N7O/c1-11-9-23(17-20-13(3)19-14(4)21-17)10-12(2)24(11)16-5-7-18-15(22-16)6-8-25/h5,7,11-12,25H,6,8-10H2,1-4H3/t11-,12+. The molecule has 0 radical (unpaired) electrons. The molecule has 0 bridgehead atoms. The molecule has 0 amide bonds. The molecule has 2 aromatic rings. The number of nitrogens with zero attached hydrogens (tertiary/aromatic N) is 7. The van der Waals surface area contributed by atoms with E-state index in [4.69, 9.17) is 5.11 Å². The van der Waals surface area contributed by atoms with Gasteiger partial charge in [-0.15, -0.1) is 0 Å². The van der Waals surface area contributed by atoms with Crippen molar-refractivity contribution in [1.82, 2.24) is 24.9 Å². The molecule has 0 spiro atoms. The maximum absolute atomic E-state index is 9.11. The van der Waals surface area contributed by atoms with E-state index in [1.807, 2.05) is 19.9 Å². The lowest BCUT2D eigenvalue weighted by atomic mass is 10.1. The van der Waals surface area contributed by atoms with Crippen molar-refractivity contribution >= 4 is 11.8 Å². The molecule has 1 saturated heterocycles. The number of aryl methyl sites for hydroxylation is 2. The van der Waals surface area contributed by atoms with Crippen LogP contribution in [0.5, 0.6) is 0 Å². The van der Waals surface area contributed by atoms with Crippen molar-refractivity contribution in [2.24, 2.45) is 0 Å². The highest BCUT2D eigenvalue weighted by atomic mass is 16.3. The lowest BCUT2D eigenvalue weighted by Crippen LogP contribution is -2.57. The average Bonchev–Trinajstić information content (AvgIpc) is 2.54. The Bertz CT molecular complexity index is 706. The first-order valence-electron chi connectivity index (χ1n) is 8.63. The SMILES string of the molecule is Cc1nc(C)nc(N2C[C@@H](C)N(c3ccnc(CCO)n3)[C@@H](C)C2)n1. The van der Waals surface area contributed by atoms with Gasteiger partial charge in [-0.1, -0.05) is 0 Å². The molecular weight excluding hydrogens is 318 g/mol. The molecule has 0 aromatic carbocycles. The van der Waals surface area contributed by atoms with Gasteiger partial charge in [0.2, 0.25) is 5.95 Å². The second-order valence-electron chi connectivity index (χ2n) is 6.54. The van der Waals surface area contributed by atoms with Crippen LogP contribution in [0.1, 0.15) is 31.3 Å². The molecule has 0 saturated carbocycles. The minimum Gasteiger partial charge on any atom is -0.396 e. The summed E-state index contributed by atoms with van der Waals surface area (Å²) in [5, 5.41) is 9.11. The van der Waals surface area contributed by atoms with E-state index in [2.05, 4.69) is 48.6 Å². The topological polar surface area (TPSA) is 91.2 Å². The van der Waals surface area contributed by atoms with Crippen LogP contribution in [0.15, 0.2) is 12.3 Å². The highest BCUT2D eigenvalue weighted by molar-refractivity contribution is 5.45. The van der Waals surface area contributed by atoms with E-state index in [0.717, 1.165) is 36.5 Å². The van der Waals surface area contributed by atoms with Gasteiger partial charge in [-0.25, -0.2) is 15.0 Å². The molecule has 0 aliphatic carbocycles. The Morgan fingerprint density at radius 1 is 1.04 bits per heavy atom. The number of hydrogen-bond acceptors (Lipinski definition) is 8. The van der Waals surface area contributed by atoms with E-state index in [0.29, 0.717) is 12.2 Å². The van der Waals surface area contributed by atoms with Gasteiger partial charge in [-0.2, -0.15) is 9.97 Å². The van der Waals surface area contributed by atoms with Gasteiger partial charge in [0.1, 0.15) is 23.3 Å². The predicted octanol–water partition coefficient (Wildman–Crippen LogP) is 0.917. The highest BCUT2D eigenvalue weighted by Crippen LogP contribution is 2.24. The zero-order chi connectivity index (χ0) is 18.0. The number of aliphatic hydroxyl groups is 1. The van der Waals surface area contributed by atoms with Gasteiger partial charge in [0.05, 0.1) is 6.61 Å². The molecule has 25 heavy (non-hydrogen) atoms. The van der Waals surface area contributed by atoms with Gasteiger partial charge >= 0.3 is 0 Å². The van der Waals surface area contributed by atoms with Gasteiger partial charge in [0.25, 0.3) is 0 Å². The molecule has 1 fully saturated rings. The Kier molecular flexibility index (Phi) is 5.08. The summed E-state index contributed by atoms with van der Waals surface area (Å²) in [7, 11) is 0. The molecule has 8 nitrogen and oxygen atoms in total. The van der Waals surface area contributed by atoms with Crippen molar-refractivity contribution in [2.75, 3.05) is 29.5 Å². The Labute approximate surface area is 148 Å². The van der Waals surface area contributed by atoms with Gasteiger partial charge in [-0.05, 0) is 33.8 Å². The van der Waals surface area contributed by atoms with E-state index in [9.17, 15) is 0 Å². The Hall–Kier alpha value is -2.35. The number of hydrogen-bond donors (Lipinski definition) is 1. The summed E-state index contributed by atoms with van der Waals surface area (Å²) >= 11 is 0. The molecule has 1 N–H and O–H groups in total. The van der Waals surface area contributed by atoms with Crippen LogP contribution < -0.4 is 9.80 Å². The summed E-state index contributed by atoms with van der Waals surface area (Å²) < 4.78 is 0. The lowest BCUT2D eigenvalue weighted by Gasteiger charge is -2.45. The van der Waals surface area contributed by atoms with Crippen LogP contribution in [-0.2, 0) is 6.42 Å². The van der Waals surface area contributed by atoms with Crippen LogP contribution in [0.4, 0.5) is 11.8 Å². The molecule has 0 unspecified atom stereocenters. The van der Waals surface area contributed by atoms with E-state index >= 15 is 0 Å². The number of rotatable bonds is 4. The van der Waals surface area contributed by atoms with Crippen LogP contribution in [-0.4, -0.2) is 61.8 Å². The first kappa shape index (κ1) is 17.5. The second-order valence-corrected chi connectivity index (χ2v) is 6.54. The van der Waals surface area contributed by atoms with E-state index in [1.54, 1.807) is 6.20 Å². The van der Waals surface area contributed by atoms with Crippen molar-refractivity contribution in [1.29, 1.82) is 0 Å². The molecule has 2 atom stereocenters. The summed E-state index contributed by atoms with van der Waals surface area (Å²) in [5.41, 5.74) is 0. The zero-order valence-electron chi connectivity index (χ0n) is 15.2. The van der Waals surface area contributed by atoms with E-state index < -0.39 is 0 Å². The number of anilines is 2. The third kappa shape index (κ3) is 3.84. The fraction of sp³-hybridized carbons (Fsp3) is 0.588. The van der Waals surface area contributed by atoms with Crippen molar-refractivity contribution in [3.63, 3.8) is 0 Å². The van der Waals surface area contributed by atoms with Gasteiger partial charge < -0.3 is 14.9 Å². The monoisotopic (exact) mass is 343 g/mol. The van der Waals surface area contributed by atoms with Crippen molar-refractivity contribution in [3.8, 4) is 0 Å². The molecular formula is C17H25N7O. The van der Waals surface area contributed by atoms with Crippen molar-refractivity contribution < 1.29 is 5.11 Å². The number of aromatic nitrogens is 5. The smallest absolute Gasteiger partial charge is 0.228 e. The van der Waals surface area contributed by atoms with Crippen LogP contribution in [0.3, 0.4) is 0 Å². The first-order valence-corrected chi connectivity index (χ1v) is 8.63. The molecule has 8 heteroatoms. The number of aliphatic hydroxyl groups excluding tert-OH is 1. The molecule has 2 aromatic heterocycles. The van der Waals surface area contributed by atoms with Crippen LogP contribution in [0.25, 0.3) is 0 Å². The average molecular weight is 343 g/mol. The molecule has 1 aliphatic heterocycles. The highest BCUT2D eigenvalue weighted by Gasteiger charge is 2.32. The Balaban J connectivity index is 1.81. The molecule has 3 heterocycles. The molecule has 1 aliphatic rings. The Morgan fingerprint density at radius 2 is 1.68 bits per heavy atom. The Morgan fingerprint density at radius 3 is 2.28 bits per heavy atom. The normalized spacial score (nSPS) is 20.8. The van der Waals surface area contributed by atoms with Gasteiger partial charge in [0, 0.05) is 37.8 Å². The maximum Gasteiger partial charge on any atom is 0.228 e. The summed E-state index contributed by atoms with van der Waals surface area (Å²) in [6.07, 6.45) is 2.23. The lowest BCUT2D eigenvalue weighted by molar-refractivity contribution is 0.296. The van der Waals surface area contributed by atoms with E-state index in [-0.39, 0.29) is 18.7 Å². The fourth-order valence-corrected chi connectivity index (χ4v) is 3.43. The van der Waals surface area contributed by atoms with Crippen LogP contribution in [0, 0.1) is 13.8 Å². The summed E-state index contributed by atoms with van der Waals surface area (Å²) in [4.78, 5) is 26.6.